The van der Waals surface area contributed by atoms with Crippen molar-refractivity contribution in [2.24, 2.45) is 5.73 Å². The molecule has 0 aromatic heterocycles. The highest BCUT2D eigenvalue weighted by atomic mass is 16.3. The van der Waals surface area contributed by atoms with Crippen molar-refractivity contribution in [3.05, 3.63) is 64.4 Å². The van der Waals surface area contributed by atoms with E-state index in [1.807, 2.05) is 25.1 Å². The van der Waals surface area contributed by atoms with Gasteiger partial charge in [-0.05, 0) is 55.9 Å². The highest BCUT2D eigenvalue weighted by Crippen LogP contribution is 2.33. The van der Waals surface area contributed by atoms with Gasteiger partial charge < -0.3 is 16.2 Å². The van der Waals surface area contributed by atoms with Crippen LogP contribution in [0.1, 0.15) is 43.4 Å². The number of hydrogen-bond acceptors (Lipinski definition) is 3. The Labute approximate surface area is 132 Å². The maximum atomic E-state index is 10.2. The van der Waals surface area contributed by atoms with E-state index in [0.29, 0.717) is 5.75 Å². The smallest absolute Gasteiger partial charge is 0.120 e. The molecule has 2 unspecified atom stereocenters. The quantitative estimate of drug-likeness (QED) is 0.798. The molecule has 0 amide bonds. The molecule has 4 N–H and O–H groups in total. The number of phenolic OH excluding ortho intramolecular Hbond substituents is 1. The zero-order valence-electron chi connectivity index (χ0n) is 13.3. The van der Waals surface area contributed by atoms with E-state index in [4.69, 9.17) is 5.73 Å². The number of nitrogens with one attached hydrogen (secondary N) is 1. The molecule has 0 saturated heterocycles. The van der Waals surface area contributed by atoms with Gasteiger partial charge in [0.2, 0.25) is 0 Å². The average molecular weight is 296 g/mol. The van der Waals surface area contributed by atoms with Gasteiger partial charge in [-0.15, -0.1) is 0 Å². The Hall–Kier alpha value is -2.00. The van der Waals surface area contributed by atoms with Gasteiger partial charge in [0.15, 0.2) is 0 Å². The summed E-state index contributed by atoms with van der Waals surface area (Å²) in [6.07, 6.45) is 9.58. The van der Waals surface area contributed by atoms with Gasteiger partial charge in [-0.25, -0.2) is 0 Å². The molecule has 22 heavy (non-hydrogen) atoms. The van der Waals surface area contributed by atoms with Gasteiger partial charge in [-0.2, -0.15) is 0 Å². The Kier molecular flexibility index (Phi) is 4.08. The summed E-state index contributed by atoms with van der Waals surface area (Å²) in [6, 6.07) is 6.13. The van der Waals surface area contributed by atoms with Crippen LogP contribution >= 0.6 is 0 Å². The van der Waals surface area contributed by atoms with Crippen molar-refractivity contribution in [3.8, 4) is 5.75 Å². The van der Waals surface area contributed by atoms with Crippen molar-refractivity contribution < 1.29 is 5.11 Å². The zero-order valence-corrected chi connectivity index (χ0v) is 13.3. The Balaban J connectivity index is 1.82. The van der Waals surface area contributed by atoms with Crippen molar-refractivity contribution in [2.45, 2.75) is 45.2 Å². The van der Waals surface area contributed by atoms with Crippen LogP contribution in [0, 0.1) is 6.92 Å². The van der Waals surface area contributed by atoms with Crippen LogP contribution in [0.3, 0.4) is 0 Å². The maximum Gasteiger partial charge on any atom is 0.120 e. The molecule has 3 rings (SSSR count). The molecule has 3 nitrogen and oxygen atoms in total. The van der Waals surface area contributed by atoms with E-state index in [2.05, 4.69) is 30.5 Å². The average Bonchev–Trinajstić information content (AvgIpc) is 2.47. The highest BCUT2D eigenvalue weighted by molar-refractivity contribution is 5.48. The minimum absolute atomic E-state index is 0.0700. The Morgan fingerprint density at radius 1 is 1.36 bits per heavy atom. The van der Waals surface area contributed by atoms with Crippen LogP contribution in [0.15, 0.2) is 53.3 Å². The van der Waals surface area contributed by atoms with Crippen LogP contribution in [0.2, 0.25) is 0 Å². The lowest BCUT2D eigenvalue weighted by Gasteiger charge is -2.31. The molecule has 0 bridgehead atoms. The molecule has 2 atom stereocenters. The van der Waals surface area contributed by atoms with Crippen LogP contribution < -0.4 is 11.1 Å². The highest BCUT2D eigenvalue weighted by Gasteiger charge is 2.25. The minimum Gasteiger partial charge on any atom is -0.508 e. The third-order valence-electron chi connectivity index (χ3n) is 4.58. The monoisotopic (exact) mass is 296 g/mol. The van der Waals surface area contributed by atoms with E-state index in [0.717, 1.165) is 36.1 Å². The fraction of sp³-hybridized carbons (Fsp3) is 0.368. The Bertz CT molecular complexity index is 670. The molecule has 116 valence electrons. The molecule has 3 heteroatoms. The molecule has 1 aromatic carbocycles. The predicted molar refractivity (Wildman–Crippen MR) is 90.5 cm³/mol. The Morgan fingerprint density at radius 2 is 2.18 bits per heavy atom. The summed E-state index contributed by atoms with van der Waals surface area (Å²) in [6.45, 7) is 4.07. The third kappa shape index (κ3) is 2.81. The van der Waals surface area contributed by atoms with Gasteiger partial charge in [0, 0.05) is 23.3 Å². The van der Waals surface area contributed by atoms with Crippen LogP contribution in [0.4, 0.5) is 0 Å². The standard InChI is InChI=1S/C19H24N2O/c1-12-9-10-15(18(22)11-12)13(2)21-17-8-4-6-14-5-3-7-16(20)19(14)17/h4,6-7,9-11,13,17,21-22H,3,5,8,20H2,1-2H3. The van der Waals surface area contributed by atoms with Gasteiger partial charge in [0.05, 0.1) is 0 Å². The minimum atomic E-state index is 0.0700. The third-order valence-corrected chi connectivity index (χ3v) is 4.58. The molecule has 0 radical (unpaired) electrons. The normalized spacial score (nSPS) is 22.3. The van der Waals surface area contributed by atoms with E-state index in [1.165, 1.54) is 11.1 Å². The van der Waals surface area contributed by atoms with Crippen molar-refractivity contribution >= 4 is 0 Å². The lowest BCUT2D eigenvalue weighted by molar-refractivity contribution is 0.438. The Morgan fingerprint density at radius 3 is 2.95 bits per heavy atom. The molecule has 0 heterocycles. The van der Waals surface area contributed by atoms with Gasteiger partial charge in [-0.1, -0.05) is 30.4 Å². The number of nitrogens with two attached hydrogens (primary N) is 1. The second-order valence-electron chi connectivity index (χ2n) is 6.28. The molecule has 0 saturated carbocycles. The van der Waals surface area contributed by atoms with Crippen LogP contribution in [0.25, 0.3) is 0 Å². The molecule has 2 aliphatic carbocycles. The SMILES string of the molecule is Cc1ccc(C(C)NC2CC=CC3=C2C(N)=CCC3)c(O)c1. The summed E-state index contributed by atoms with van der Waals surface area (Å²) in [7, 11) is 0. The lowest BCUT2D eigenvalue weighted by atomic mass is 9.84. The second-order valence-corrected chi connectivity index (χ2v) is 6.28. The number of hydrogen-bond donors (Lipinski definition) is 3. The number of benzene rings is 1. The first-order valence-electron chi connectivity index (χ1n) is 7.97. The van der Waals surface area contributed by atoms with Crippen molar-refractivity contribution in [2.75, 3.05) is 0 Å². The number of rotatable bonds is 3. The van der Waals surface area contributed by atoms with Gasteiger partial charge in [0.25, 0.3) is 0 Å². The first-order valence-corrected chi connectivity index (χ1v) is 7.97. The molecule has 0 fully saturated rings. The van der Waals surface area contributed by atoms with E-state index in [1.54, 1.807) is 0 Å². The fourth-order valence-electron chi connectivity index (χ4n) is 3.44. The molecule has 1 aromatic rings. The molecular formula is C19H24N2O. The fourth-order valence-corrected chi connectivity index (χ4v) is 3.44. The first-order chi connectivity index (χ1) is 10.6. The molecule has 2 aliphatic rings. The first kappa shape index (κ1) is 14.9. The molecular weight excluding hydrogens is 272 g/mol. The lowest BCUT2D eigenvalue weighted by Crippen LogP contribution is -2.37. The summed E-state index contributed by atoms with van der Waals surface area (Å²) < 4.78 is 0. The summed E-state index contributed by atoms with van der Waals surface area (Å²) in [5.74, 6) is 0.354. The molecule has 0 spiro atoms. The summed E-state index contributed by atoms with van der Waals surface area (Å²) in [5.41, 5.74) is 11.7. The van der Waals surface area contributed by atoms with Crippen LogP contribution in [-0.4, -0.2) is 11.1 Å². The number of aryl methyl sites for hydroxylation is 1. The largest absolute Gasteiger partial charge is 0.508 e. The second kappa shape index (κ2) is 6.01. The summed E-state index contributed by atoms with van der Waals surface area (Å²) in [4.78, 5) is 0. The van der Waals surface area contributed by atoms with Crippen molar-refractivity contribution in [1.29, 1.82) is 0 Å². The summed E-state index contributed by atoms with van der Waals surface area (Å²) >= 11 is 0. The van der Waals surface area contributed by atoms with Crippen LogP contribution in [0.5, 0.6) is 5.75 Å². The number of phenols is 1. The predicted octanol–water partition coefficient (Wildman–Crippen LogP) is 3.61. The summed E-state index contributed by atoms with van der Waals surface area (Å²) in [5, 5.41) is 13.8. The van der Waals surface area contributed by atoms with E-state index in [-0.39, 0.29) is 12.1 Å². The van der Waals surface area contributed by atoms with E-state index >= 15 is 0 Å². The van der Waals surface area contributed by atoms with Gasteiger partial charge in [0.1, 0.15) is 5.75 Å². The van der Waals surface area contributed by atoms with E-state index in [9.17, 15) is 5.11 Å². The van der Waals surface area contributed by atoms with Crippen molar-refractivity contribution in [1.82, 2.24) is 5.32 Å². The van der Waals surface area contributed by atoms with Gasteiger partial charge >= 0.3 is 0 Å². The maximum absolute atomic E-state index is 10.2. The topological polar surface area (TPSA) is 58.3 Å². The van der Waals surface area contributed by atoms with Crippen molar-refractivity contribution in [3.63, 3.8) is 0 Å². The van der Waals surface area contributed by atoms with Crippen LogP contribution in [-0.2, 0) is 0 Å². The van der Waals surface area contributed by atoms with E-state index < -0.39 is 0 Å². The zero-order chi connectivity index (χ0) is 15.7. The molecule has 0 aliphatic heterocycles. The number of aromatic hydroxyl groups is 1. The number of allylic oxidation sites excluding steroid dienone is 3. The van der Waals surface area contributed by atoms with Gasteiger partial charge in [-0.3, -0.25) is 0 Å².